The standard InChI is InChI=1S/C18H18ClN3O2/c1-18(2,3)24-22-17-13-10-11(19)8-9-14(13)20-16(21-17)12-6-4-5-7-15(12)23/h4-10,23H,1-3H3,(H,20,21,22). The summed E-state index contributed by atoms with van der Waals surface area (Å²) in [6.07, 6.45) is 0. The van der Waals surface area contributed by atoms with E-state index in [1.54, 1.807) is 30.3 Å². The van der Waals surface area contributed by atoms with Crippen molar-refractivity contribution in [2.24, 2.45) is 0 Å². The van der Waals surface area contributed by atoms with Crippen LogP contribution in [0.4, 0.5) is 5.82 Å². The van der Waals surface area contributed by atoms with E-state index in [2.05, 4.69) is 15.4 Å². The molecule has 0 unspecified atom stereocenters. The Morgan fingerprint density at radius 3 is 2.54 bits per heavy atom. The van der Waals surface area contributed by atoms with Crippen molar-refractivity contribution in [1.29, 1.82) is 0 Å². The maximum atomic E-state index is 10.1. The zero-order valence-electron chi connectivity index (χ0n) is 13.7. The van der Waals surface area contributed by atoms with Gasteiger partial charge in [0.25, 0.3) is 0 Å². The maximum absolute atomic E-state index is 10.1. The molecule has 3 aromatic rings. The second-order valence-electron chi connectivity index (χ2n) is 6.39. The van der Waals surface area contributed by atoms with Crippen LogP contribution < -0.4 is 5.48 Å². The lowest BCUT2D eigenvalue weighted by Gasteiger charge is -2.20. The first-order chi connectivity index (χ1) is 11.3. The average molecular weight is 344 g/mol. The minimum absolute atomic E-state index is 0.119. The summed E-state index contributed by atoms with van der Waals surface area (Å²) in [5.41, 5.74) is 3.75. The minimum atomic E-state index is -0.398. The summed E-state index contributed by atoms with van der Waals surface area (Å²) >= 11 is 6.10. The average Bonchev–Trinajstić information content (AvgIpc) is 2.52. The van der Waals surface area contributed by atoms with Crippen LogP contribution in [0.5, 0.6) is 5.75 Å². The lowest BCUT2D eigenvalue weighted by Crippen LogP contribution is -2.23. The summed E-state index contributed by atoms with van der Waals surface area (Å²) in [5, 5.41) is 11.4. The Balaban J connectivity index is 2.15. The van der Waals surface area contributed by atoms with Gasteiger partial charge in [0.2, 0.25) is 0 Å². The van der Waals surface area contributed by atoms with Crippen LogP contribution in [-0.2, 0) is 4.84 Å². The second-order valence-corrected chi connectivity index (χ2v) is 6.83. The maximum Gasteiger partial charge on any atom is 0.165 e. The molecule has 124 valence electrons. The molecule has 0 amide bonds. The summed E-state index contributed by atoms with van der Waals surface area (Å²) in [5.74, 6) is 1.02. The number of para-hydroxylation sites is 1. The molecule has 1 heterocycles. The van der Waals surface area contributed by atoms with Crippen LogP contribution in [0.2, 0.25) is 5.02 Å². The predicted octanol–water partition coefficient (Wildman–Crippen LogP) is 4.80. The first-order valence-corrected chi connectivity index (χ1v) is 7.91. The molecule has 24 heavy (non-hydrogen) atoms. The zero-order valence-corrected chi connectivity index (χ0v) is 14.4. The van der Waals surface area contributed by atoms with Gasteiger partial charge in [0.15, 0.2) is 11.6 Å². The van der Waals surface area contributed by atoms with Crippen LogP contribution in [0.3, 0.4) is 0 Å². The highest BCUT2D eigenvalue weighted by molar-refractivity contribution is 6.31. The van der Waals surface area contributed by atoms with Gasteiger partial charge in [0.1, 0.15) is 5.75 Å². The normalized spacial score (nSPS) is 11.7. The SMILES string of the molecule is CC(C)(C)ONc1nc(-c2ccccc2O)nc2ccc(Cl)cc12. The van der Waals surface area contributed by atoms with Crippen LogP contribution in [0.25, 0.3) is 22.3 Å². The van der Waals surface area contributed by atoms with E-state index in [1.165, 1.54) is 0 Å². The van der Waals surface area contributed by atoms with E-state index in [-0.39, 0.29) is 5.75 Å². The minimum Gasteiger partial charge on any atom is -0.507 e. The van der Waals surface area contributed by atoms with Crippen LogP contribution in [-0.4, -0.2) is 20.7 Å². The molecule has 0 saturated carbocycles. The van der Waals surface area contributed by atoms with E-state index in [9.17, 15) is 5.11 Å². The lowest BCUT2D eigenvalue weighted by atomic mass is 10.1. The number of nitrogens with zero attached hydrogens (tertiary/aromatic N) is 2. The molecular weight excluding hydrogens is 326 g/mol. The number of hydrogen-bond acceptors (Lipinski definition) is 5. The van der Waals surface area contributed by atoms with Crippen molar-refractivity contribution < 1.29 is 9.94 Å². The molecular formula is C18H18ClN3O2. The molecule has 3 rings (SSSR count). The Labute approximate surface area is 145 Å². The number of halogens is 1. The summed E-state index contributed by atoms with van der Waals surface area (Å²) in [7, 11) is 0. The molecule has 0 saturated heterocycles. The lowest BCUT2D eigenvalue weighted by molar-refractivity contribution is 0.0370. The van der Waals surface area contributed by atoms with E-state index >= 15 is 0 Å². The van der Waals surface area contributed by atoms with Gasteiger partial charge in [-0.3, -0.25) is 4.84 Å². The number of phenols is 1. The largest absolute Gasteiger partial charge is 0.507 e. The number of phenolic OH excluding ortho intramolecular Hbond substituents is 1. The third-order valence-corrected chi connectivity index (χ3v) is 3.49. The monoisotopic (exact) mass is 343 g/mol. The van der Waals surface area contributed by atoms with Crippen molar-refractivity contribution in [3.63, 3.8) is 0 Å². The van der Waals surface area contributed by atoms with Crippen LogP contribution in [0.1, 0.15) is 20.8 Å². The second kappa shape index (κ2) is 6.26. The van der Waals surface area contributed by atoms with E-state index in [0.29, 0.717) is 27.7 Å². The predicted molar refractivity (Wildman–Crippen MR) is 96.1 cm³/mol. The van der Waals surface area contributed by atoms with Crippen molar-refractivity contribution >= 4 is 28.3 Å². The Morgan fingerprint density at radius 1 is 1.08 bits per heavy atom. The van der Waals surface area contributed by atoms with Crippen molar-refractivity contribution in [2.45, 2.75) is 26.4 Å². The smallest absolute Gasteiger partial charge is 0.165 e. The molecule has 1 aromatic heterocycles. The molecule has 5 nitrogen and oxygen atoms in total. The zero-order chi connectivity index (χ0) is 17.3. The van der Waals surface area contributed by atoms with Gasteiger partial charge < -0.3 is 5.11 Å². The van der Waals surface area contributed by atoms with Gasteiger partial charge in [-0.25, -0.2) is 15.4 Å². The fourth-order valence-electron chi connectivity index (χ4n) is 2.16. The van der Waals surface area contributed by atoms with Crippen molar-refractivity contribution in [3.05, 3.63) is 47.5 Å². The third kappa shape index (κ3) is 3.58. The molecule has 0 atom stereocenters. The molecule has 0 aliphatic heterocycles. The molecule has 6 heteroatoms. The fraction of sp³-hybridized carbons (Fsp3) is 0.222. The van der Waals surface area contributed by atoms with E-state index in [1.807, 2.05) is 32.9 Å². The summed E-state index contributed by atoms with van der Waals surface area (Å²) in [6, 6.07) is 12.3. The highest BCUT2D eigenvalue weighted by Crippen LogP contribution is 2.31. The van der Waals surface area contributed by atoms with Gasteiger partial charge in [-0.05, 0) is 51.1 Å². The van der Waals surface area contributed by atoms with E-state index < -0.39 is 5.60 Å². The highest BCUT2D eigenvalue weighted by atomic mass is 35.5. The molecule has 0 bridgehead atoms. The van der Waals surface area contributed by atoms with Crippen molar-refractivity contribution in [1.82, 2.24) is 9.97 Å². The Hall–Kier alpha value is -2.37. The number of hydrogen-bond donors (Lipinski definition) is 2. The Bertz CT molecular complexity index is 891. The number of aromatic hydroxyl groups is 1. The van der Waals surface area contributed by atoms with Gasteiger partial charge in [-0.2, -0.15) is 0 Å². The van der Waals surface area contributed by atoms with Crippen LogP contribution >= 0.6 is 11.6 Å². The quantitative estimate of drug-likeness (QED) is 0.669. The molecule has 0 spiro atoms. The van der Waals surface area contributed by atoms with E-state index in [0.717, 1.165) is 5.39 Å². The number of fused-ring (bicyclic) bond motifs is 1. The Kier molecular flexibility index (Phi) is 4.30. The molecule has 0 aliphatic carbocycles. The van der Waals surface area contributed by atoms with Gasteiger partial charge in [0.05, 0.1) is 16.7 Å². The van der Waals surface area contributed by atoms with E-state index in [4.69, 9.17) is 16.4 Å². The molecule has 2 N–H and O–H groups in total. The first-order valence-electron chi connectivity index (χ1n) is 7.53. The van der Waals surface area contributed by atoms with Crippen molar-refractivity contribution in [2.75, 3.05) is 5.48 Å². The van der Waals surface area contributed by atoms with Crippen LogP contribution in [0, 0.1) is 0 Å². The topological polar surface area (TPSA) is 67.3 Å². The number of nitrogens with one attached hydrogen (secondary N) is 1. The third-order valence-electron chi connectivity index (χ3n) is 3.26. The fourth-order valence-corrected chi connectivity index (χ4v) is 2.34. The van der Waals surface area contributed by atoms with Crippen LogP contribution in [0.15, 0.2) is 42.5 Å². The number of benzene rings is 2. The van der Waals surface area contributed by atoms with Crippen molar-refractivity contribution in [3.8, 4) is 17.1 Å². The molecule has 0 radical (unpaired) electrons. The molecule has 0 aliphatic rings. The number of anilines is 1. The Morgan fingerprint density at radius 2 is 1.83 bits per heavy atom. The van der Waals surface area contributed by atoms with Gasteiger partial charge >= 0.3 is 0 Å². The summed E-state index contributed by atoms with van der Waals surface area (Å²) < 4.78 is 0. The highest BCUT2D eigenvalue weighted by Gasteiger charge is 2.16. The molecule has 0 fully saturated rings. The first kappa shape index (κ1) is 16.5. The number of aromatic nitrogens is 2. The summed E-state index contributed by atoms with van der Waals surface area (Å²) in [4.78, 5) is 14.7. The number of rotatable bonds is 3. The summed E-state index contributed by atoms with van der Waals surface area (Å²) in [6.45, 7) is 5.79. The van der Waals surface area contributed by atoms with Gasteiger partial charge in [0, 0.05) is 10.4 Å². The van der Waals surface area contributed by atoms with Gasteiger partial charge in [-0.15, -0.1) is 0 Å². The molecule has 2 aromatic carbocycles. The van der Waals surface area contributed by atoms with Gasteiger partial charge in [-0.1, -0.05) is 23.7 Å².